The summed E-state index contributed by atoms with van der Waals surface area (Å²) >= 11 is 0. The third-order valence-corrected chi connectivity index (χ3v) is 3.53. The molecule has 0 aromatic carbocycles. The normalized spacial score (nSPS) is 17.3. The van der Waals surface area contributed by atoms with E-state index in [4.69, 9.17) is 10.5 Å². The molecule has 0 amide bonds. The SMILES string of the molecule is CCOC(=O)C1=CN(c2nc(N)nc(N3CCCCC3)n2)NN=N1. The number of anilines is 3. The number of carbonyl (C=O) groups is 1. The molecule has 0 atom stereocenters. The second-order valence-electron chi connectivity index (χ2n) is 5.25. The number of nitrogens with two attached hydrogens (primary N) is 1. The lowest BCUT2D eigenvalue weighted by Gasteiger charge is -2.27. The van der Waals surface area contributed by atoms with Crippen LogP contribution >= 0.6 is 0 Å². The van der Waals surface area contributed by atoms with E-state index in [1.165, 1.54) is 17.6 Å². The van der Waals surface area contributed by atoms with Crippen LogP contribution in [0.4, 0.5) is 17.8 Å². The molecule has 11 nitrogen and oxygen atoms in total. The summed E-state index contributed by atoms with van der Waals surface area (Å²) in [5.41, 5.74) is 8.44. The van der Waals surface area contributed by atoms with Crippen LogP contribution in [0.1, 0.15) is 26.2 Å². The van der Waals surface area contributed by atoms with E-state index in [1.54, 1.807) is 6.92 Å². The molecule has 0 aliphatic carbocycles. The van der Waals surface area contributed by atoms with E-state index >= 15 is 0 Å². The summed E-state index contributed by atoms with van der Waals surface area (Å²) in [5, 5.41) is 8.72. The van der Waals surface area contributed by atoms with E-state index in [2.05, 4.69) is 35.7 Å². The number of rotatable bonds is 4. The number of esters is 1. The zero-order valence-electron chi connectivity index (χ0n) is 13.3. The van der Waals surface area contributed by atoms with E-state index < -0.39 is 5.97 Å². The van der Waals surface area contributed by atoms with Gasteiger partial charge in [0.15, 0.2) is 5.70 Å². The summed E-state index contributed by atoms with van der Waals surface area (Å²) in [6, 6.07) is 0. The van der Waals surface area contributed by atoms with Gasteiger partial charge in [0.25, 0.3) is 5.95 Å². The van der Waals surface area contributed by atoms with Gasteiger partial charge in [-0.2, -0.15) is 20.5 Å². The maximum atomic E-state index is 11.8. The molecule has 3 N–H and O–H groups in total. The van der Waals surface area contributed by atoms with Gasteiger partial charge in [0.1, 0.15) is 0 Å². The zero-order valence-corrected chi connectivity index (χ0v) is 13.3. The Morgan fingerprint density at radius 1 is 1.25 bits per heavy atom. The highest BCUT2D eigenvalue weighted by atomic mass is 16.5. The van der Waals surface area contributed by atoms with Crippen molar-refractivity contribution in [1.82, 2.24) is 20.5 Å². The predicted molar refractivity (Wildman–Crippen MR) is 85.5 cm³/mol. The molecule has 1 aromatic heterocycles. The first-order chi connectivity index (χ1) is 11.7. The Labute approximate surface area is 138 Å². The lowest BCUT2D eigenvalue weighted by atomic mass is 10.1. The van der Waals surface area contributed by atoms with Crippen molar-refractivity contribution in [3.05, 3.63) is 11.9 Å². The van der Waals surface area contributed by atoms with Crippen LogP contribution in [0, 0.1) is 0 Å². The van der Waals surface area contributed by atoms with Gasteiger partial charge in [0.05, 0.1) is 12.8 Å². The first-order valence-electron chi connectivity index (χ1n) is 7.78. The number of hydrazine groups is 1. The Hall–Kier alpha value is -2.98. The minimum absolute atomic E-state index is 0.0362. The Kier molecular flexibility index (Phi) is 4.68. The molecule has 0 radical (unpaired) electrons. The maximum absolute atomic E-state index is 11.8. The van der Waals surface area contributed by atoms with Crippen molar-refractivity contribution in [2.75, 3.05) is 35.3 Å². The summed E-state index contributed by atoms with van der Waals surface area (Å²) in [6.45, 7) is 3.71. The summed E-state index contributed by atoms with van der Waals surface area (Å²) in [6.07, 6.45) is 4.78. The molecule has 0 spiro atoms. The highest BCUT2D eigenvalue weighted by Gasteiger charge is 2.21. The zero-order chi connectivity index (χ0) is 16.9. The third kappa shape index (κ3) is 3.50. The minimum Gasteiger partial charge on any atom is -0.461 e. The van der Waals surface area contributed by atoms with Crippen LogP contribution in [0.5, 0.6) is 0 Å². The van der Waals surface area contributed by atoms with E-state index in [1.807, 2.05) is 0 Å². The van der Waals surface area contributed by atoms with Gasteiger partial charge in [-0.15, -0.1) is 5.11 Å². The van der Waals surface area contributed by atoms with Crippen molar-refractivity contribution in [1.29, 1.82) is 0 Å². The molecule has 3 heterocycles. The first-order valence-corrected chi connectivity index (χ1v) is 7.78. The second-order valence-corrected chi connectivity index (χ2v) is 5.25. The van der Waals surface area contributed by atoms with Crippen molar-refractivity contribution in [2.45, 2.75) is 26.2 Å². The summed E-state index contributed by atoms with van der Waals surface area (Å²) in [4.78, 5) is 26.5. The van der Waals surface area contributed by atoms with Crippen LogP contribution < -0.4 is 21.2 Å². The summed E-state index contributed by atoms with van der Waals surface area (Å²) in [7, 11) is 0. The Bertz CT molecular complexity index is 669. The molecular formula is C13H19N9O2. The maximum Gasteiger partial charge on any atom is 0.360 e. The molecule has 1 aromatic rings. The molecule has 0 bridgehead atoms. The molecule has 11 heteroatoms. The van der Waals surface area contributed by atoms with E-state index in [0.717, 1.165) is 25.9 Å². The smallest absolute Gasteiger partial charge is 0.360 e. The number of ether oxygens (including phenoxy) is 1. The molecule has 2 aliphatic heterocycles. The van der Waals surface area contributed by atoms with Gasteiger partial charge in [-0.25, -0.2) is 9.80 Å². The lowest BCUT2D eigenvalue weighted by molar-refractivity contribution is -0.138. The molecule has 2 aliphatic rings. The van der Waals surface area contributed by atoms with Gasteiger partial charge in [-0.1, -0.05) is 5.22 Å². The highest BCUT2D eigenvalue weighted by molar-refractivity contribution is 5.88. The van der Waals surface area contributed by atoms with Gasteiger partial charge in [0.2, 0.25) is 11.9 Å². The standard InChI is InChI=1S/C13H19N9O2/c1-2-24-10(23)9-8-22(20-19-18-9)13-16-11(14)15-12(17-13)21-6-4-3-5-7-21/h8H,2-7H2,1H3,(H,18,20)(H2,14,15,16,17). The highest BCUT2D eigenvalue weighted by Crippen LogP contribution is 2.20. The van der Waals surface area contributed by atoms with Crippen molar-refractivity contribution in [3.63, 3.8) is 0 Å². The van der Waals surface area contributed by atoms with Crippen LogP contribution in [0.25, 0.3) is 0 Å². The van der Waals surface area contributed by atoms with Crippen LogP contribution in [0.2, 0.25) is 0 Å². The first kappa shape index (κ1) is 15.9. The third-order valence-electron chi connectivity index (χ3n) is 3.53. The quantitative estimate of drug-likeness (QED) is 0.757. The van der Waals surface area contributed by atoms with E-state index in [9.17, 15) is 4.79 Å². The Balaban J connectivity index is 1.84. The minimum atomic E-state index is -0.578. The van der Waals surface area contributed by atoms with E-state index in [0.29, 0.717) is 5.95 Å². The van der Waals surface area contributed by atoms with E-state index in [-0.39, 0.29) is 24.2 Å². The van der Waals surface area contributed by atoms with Crippen molar-refractivity contribution in [3.8, 4) is 0 Å². The average molecular weight is 333 g/mol. The number of aromatic nitrogens is 3. The number of nitrogen functional groups attached to an aromatic ring is 1. The molecule has 0 unspecified atom stereocenters. The van der Waals surface area contributed by atoms with Gasteiger partial charge >= 0.3 is 5.97 Å². The second kappa shape index (κ2) is 7.06. The fraction of sp³-hybridized carbons (Fsp3) is 0.538. The molecular weight excluding hydrogens is 314 g/mol. The number of piperidine rings is 1. The number of carbonyl (C=O) groups excluding carboxylic acids is 1. The largest absolute Gasteiger partial charge is 0.461 e. The number of hydrogen-bond donors (Lipinski definition) is 2. The predicted octanol–water partition coefficient (Wildman–Crippen LogP) is 0.540. The number of nitrogens with zero attached hydrogens (tertiary/aromatic N) is 7. The fourth-order valence-corrected chi connectivity index (χ4v) is 2.41. The Morgan fingerprint density at radius 3 is 2.75 bits per heavy atom. The molecule has 3 rings (SSSR count). The van der Waals surface area contributed by atoms with Gasteiger partial charge in [-0.05, 0) is 26.2 Å². The molecule has 0 saturated carbocycles. The summed E-state index contributed by atoms with van der Waals surface area (Å²) in [5.74, 6) is 0.248. The van der Waals surface area contributed by atoms with Gasteiger partial charge in [0, 0.05) is 13.1 Å². The van der Waals surface area contributed by atoms with Crippen molar-refractivity contribution in [2.24, 2.45) is 10.3 Å². The molecule has 24 heavy (non-hydrogen) atoms. The fourth-order valence-electron chi connectivity index (χ4n) is 2.41. The van der Waals surface area contributed by atoms with Gasteiger partial charge < -0.3 is 15.4 Å². The average Bonchev–Trinajstić information content (AvgIpc) is 2.62. The molecule has 128 valence electrons. The van der Waals surface area contributed by atoms with Crippen LogP contribution in [0.3, 0.4) is 0 Å². The van der Waals surface area contributed by atoms with Gasteiger partial charge in [-0.3, -0.25) is 0 Å². The lowest BCUT2D eigenvalue weighted by Crippen LogP contribution is -2.36. The van der Waals surface area contributed by atoms with Crippen LogP contribution in [-0.4, -0.2) is 40.6 Å². The Morgan fingerprint density at radius 2 is 2.00 bits per heavy atom. The topological polar surface area (TPSA) is 134 Å². The number of nitrogens with one attached hydrogen (secondary N) is 1. The van der Waals surface area contributed by atoms with Crippen LogP contribution in [0.15, 0.2) is 22.2 Å². The van der Waals surface area contributed by atoms with Crippen LogP contribution in [-0.2, 0) is 9.53 Å². The molecule has 1 saturated heterocycles. The monoisotopic (exact) mass is 333 g/mol. The van der Waals surface area contributed by atoms with Crippen molar-refractivity contribution < 1.29 is 9.53 Å². The van der Waals surface area contributed by atoms with Crippen molar-refractivity contribution >= 4 is 23.8 Å². The number of hydrogen-bond acceptors (Lipinski definition) is 11. The summed E-state index contributed by atoms with van der Waals surface area (Å²) < 4.78 is 4.91. The molecule has 1 fully saturated rings.